The average Bonchev–Trinajstić information content (AvgIpc) is 2.43. The van der Waals surface area contributed by atoms with Gasteiger partial charge in [0.15, 0.2) is 5.78 Å². The highest BCUT2D eigenvalue weighted by molar-refractivity contribution is 5.97. The Hall–Kier alpha value is -1.19. The first kappa shape index (κ1) is 16.9. The van der Waals surface area contributed by atoms with Gasteiger partial charge >= 0.3 is 0 Å². The smallest absolute Gasteiger partial charge is 0.188 e. The van der Waals surface area contributed by atoms with Gasteiger partial charge in [0.1, 0.15) is 6.61 Å². The first-order valence-electron chi connectivity index (χ1n) is 7.12. The molecule has 112 valence electrons. The quantitative estimate of drug-likeness (QED) is 0.535. The second-order valence-corrected chi connectivity index (χ2v) is 5.97. The molecule has 0 aliphatic rings. The molecule has 1 aromatic carbocycles. The Bertz CT molecular complexity index is 418. The summed E-state index contributed by atoms with van der Waals surface area (Å²) < 4.78 is 10.7. The molecule has 3 nitrogen and oxygen atoms in total. The van der Waals surface area contributed by atoms with Gasteiger partial charge in [-0.1, -0.05) is 38.1 Å². The van der Waals surface area contributed by atoms with Crippen LogP contribution < -0.4 is 0 Å². The van der Waals surface area contributed by atoms with Crippen LogP contribution in [0.4, 0.5) is 0 Å². The minimum absolute atomic E-state index is 0.0236. The highest BCUT2D eigenvalue weighted by atomic mass is 16.5. The summed E-state index contributed by atoms with van der Waals surface area (Å²) in [6, 6.07) is 7.76. The molecule has 0 amide bonds. The number of carbonyl (C=O) groups excluding carboxylic acids is 1. The van der Waals surface area contributed by atoms with Gasteiger partial charge in [-0.2, -0.15) is 0 Å². The zero-order chi connectivity index (χ0) is 15.2. The summed E-state index contributed by atoms with van der Waals surface area (Å²) in [6.45, 7) is 8.93. The van der Waals surface area contributed by atoms with E-state index in [1.54, 1.807) is 7.11 Å². The zero-order valence-electron chi connectivity index (χ0n) is 13.2. The Balaban J connectivity index is 2.40. The standard InChI is InChI=1S/C17H26O3/c1-13(2)14-6-8-15(9-7-14)16(18)12-20-11-10-17(3,4)19-5/h6-9,13H,10-12H2,1-5H3. The van der Waals surface area contributed by atoms with Crippen molar-refractivity contribution >= 4 is 5.78 Å². The predicted molar refractivity (Wildman–Crippen MR) is 81.4 cm³/mol. The summed E-state index contributed by atoms with van der Waals surface area (Å²) in [5.41, 5.74) is 1.74. The molecule has 0 spiro atoms. The van der Waals surface area contributed by atoms with Crippen LogP contribution in [0.5, 0.6) is 0 Å². The number of carbonyl (C=O) groups is 1. The maximum atomic E-state index is 12.0. The highest BCUT2D eigenvalue weighted by Gasteiger charge is 2.16. The minimum Gasteiger partial charge on any atom is -0.379 e. The summed E-state index contributed by atoms with van der Waals surface area (Å²) in [5, 5.41) is 0. The number of ketones is 1. The maximum absolute atomic E-state index is 12.0. The van der Waals surface area contributed by atoms with Gasteiger partial charge in [-0.15, -0.1) is 0 Å². The molecule has 1 rings (SSSR count). The lowest BCUT2D eigenvalue weighted by Gasteiger charge is -2.22. The fourth-order valence-corrected chi connectivity index (χ4v) is 1.72. The topological polar surface area (TPSA) is 35.5 Å². The molecule has 0 aromatic heterocycles. The lowest BCUT2D eigenvalue weighted by atomic mass is 10.0. The highest BCUT2D eigenvalue weighted by Crippen LogP contribution is 2.15. The number of rotatable bonds is 8. The molecule has 0 bridgehead atoms. The van der Waals surface area contributed by atoms with Crippen molar-refractivity contribution in [1.82, 2.24) is 0 Å². The van der Waals surface area contributed by atoms with Crippen LogP contribution >= 0.6 is 0 Å². The largest absolute Gasteiger partial charge is 0.379 e. The number of Topliss-reactive ketones (excluding diaryl/α,β-unsaturated/α-hetero) is 1. The molecule has 0 saturated heterocycles. The Morgan fingerprint density at radius 2 is 1.80 bits per heavy atom. The van der Waals surface area contributed by atoms with E-state index < -0.39 is 0 Å². The van der Waals surface area contributed by atoms with Crippen molar-refractivity contribution in [2.24, 2.45) is 0 Å². The summed E-state index contributed by atoms with van der Waals surface area (Å²) in [5.74, 6) is 0.502. The average molecular weight is 278 g/mol. The van der Waals surface area contributed by atoms with E-state index in [0.717, 1.165) is 6.42 Å². The first-order valence-corrected chi connectivity index (χ1v) is 7.12. The third-order valence-electron chi connectivity index (χ3n) is 3.53. The summed E-state index contributed by atoms with van der Waals surface area (Å²) in [4.78, 5) is 12.0. The van der Waals surface area contributed by atoms with Gasteiger partial charge in [0.2, 0.25) is 0 Å². The van der Waals surface area contributed by atoms with Crippen LogP contribution in [-0.2, 0) is 9.47 Å². The van der Waals surface area contributed by atoms with Crippen molar-refractivity contribution in [3.8, 4) is 0 Å². The molecule has 0 saturated carbocycles. The van der Waals surface area contributed by atoms with Gasteiger partial charge in [0, 0.05) is 19.3 Å². The van der Waals surface area contributed by atoms with Crippen LogP contribution in [0.25, 0.3) is 0 Å². The van der Waals surface area contributed by atoms with Crippen molar-refractivity contribution < 1.29 is 14.3 Å². The van der Waals surface area contributed by atoms with Crippen LogP contribution in [0.1, 0.15) is 56.0 Å². The van der Waals surface area contributed by atoms with Gasteiger partial charge in [-0.3, -0.25) is 4.79 Å². The van der Waals surface area contributed by atoms with E-state index in [9.17, 15) is 4.79 Å². The van der Waals surface area contributed by atoms with Crippen molar-refractivity contribution in [3.63, 3.8) is 0 Å². The third-order valence-corrected chi connectivity index (χ3v) is 3.53. The van der Waals surface area contributed by atoms with Crippen LogP contribution in [0.2, 0.25) is 0 Å². The second-order valence-electron chi connectivity index (χ2n) is 5.97. The molecule has 0 atom stereocenters. The van der Waals surface area contributed by atoms with Gasteiger partial charge < -0.3 is 9.47 Å². The molecule has 0 unspecified atom stereocenters. The number of hydrogen-bond donors (Lipinski definition) is 0. The molecule has 0 radical (unpaired) electrons. The van der Waals surface area contributed by atoms with Gasteiger partial charge in [-0.25, -0.2) is 0 Å². The van der Waals surface area contributed by atoms with Crippen molar-refractivity contribution in [2.75, 3.05) is 20.3 Å². The zero-order valence-corrected chi connectivity index (χ0v) is 13.2. The lowest BCUT2D eigenvalue weighted by Crippen LogP contribution is -2.25. The van der Waals surface area contributed by atoms with E-state index in [2.05, 4.69) is 13.8 Å². The molecule has 0 N–H and O–H groups in total. The molecule has 0 fully saturated rings. The van der Waals surface area contributed by atoms with Crippen molar-refractivity contribution in [2.45, 2.75) is 45.6 Å². The van der Waals surface area contributed by atoms with Crippen LogP contribution in [0.15, 0.2) is 24.3 Å². The first-order chi connectivity index (χ1) is 9.35. The predicted octanol–water partition coefficient (Wildman–Crippen LogP) is 3.82. The normalized spacial score (nSPS) is 11.9. The van der Waals surface area contributed by atoms with Gasteiger partial charge in [0.05, 0.1) is 5.60 Å². The number of ether oxygens (including phenoxy) is 2. The minimum atomic E-state index is -0.206. The summed E-state index contributed by atoms with van der Waals surface area (Å²) in [7, 11) is 1.68. The fraction of sp³-hybridized carbons (Fsp3) is 0.588. The van der Waals surface area contributed by atoms with E-state index >= 15 is 0 Å². The van der Waals surface area contributed by atoms with Gasteiger partial charge in [0.25, 0.3) is 0 Å². The molecular formula is C17H26O3. The van der Waals surface area contributed by atoms with Crippen LogP contribution in [0, 0.1) is 0 Å². The Morgan fingerprint density at radius 3 is 2.30 bits per heavy atom. The molecule has 0 aliphatic carbocycles. The van der Waals surface area contributed by atoms with Gasteiger partial charge in [-0.05, 0) is 31.7 Å². The third kappa shape index (κ3) is 5.43. The molecule has 20 heavy (non-hydrogen) atoms. The summed E-state index contributed by atoms with van der Waals surface area (Å²) in [6.07, 6.45) is 0.767. The van der Waals surface area contributed by atoms with Crippen molar-refractivity contribution in [1.29, 1.82) is 0 Å². The van der Waals surface area contributed by atoms with E-state index in [1.807, 2.05) is 38.1 Å². The van der Waals surface area contributed by atoms with Crippen LogP contribution in [0.3, 0.4) is 0 Å². The second kappa shape index (κ2) is 7.55. The number of methoxy groups -OCH3 is 1. The maximum Gasteiger partial charge on any atom is 0.188 e. The van der Waals surface area contributed by atoms with E-state index in [-0.39, 0.29) is 18.0 Å². The number of hydrogen-bond acceptors (Lipinski definition) is 3. The Kier molecular flexibility index (Phi) is 6.37. The molecule has 3 heteroatoms. The molecule has 0 heterocycles. The summed E-state index contributed by atoms with van der Waals surface area (Å²) >= 11 is 0. The monoisotopic (exact) mass is 278 g/mol. The Morgan fingerprint density at radius 1 is 1.20 bits per heavy atom. The van der Waals surface area contributed by atoms with E-state index in [1.165, 1.54) is 5.56 Å². The van der Waals surface area contributed by atoms with E-state index in [0.29, 0.717) is 18.1 Å². The molecule has 0 aliphatic heterocycles. The lowest BCUT2D eigenvalue weighted by molar-refractivity contribution is -0.00836. The SMILES string of the molecule is COC(C)(C)CCOCC(=O)c1ccc(C(C)C)cc1. The molecular weight excluding hydrogens is 252 g/mol. The Labute approximate surface area is 122 Å². The van der Waals surface area contributed by atoms with E-state index in [4.69, 9.17) is 9.47 Å². The van der Waals surface area contributed by atoms with Crippen molar-refractivity contribution in [3.05, 3.63) is 35.4 Å². The van der Waals surface area contributed by atoms with Crippen LogP contribution in [-0.4, -0.2) is 31.7 Å². The molecule has 1 aromatic rings. The number of benzene rings is 1. The fourth-order valence-electron chi connectivity index (χ4n) is 1.72.